The quantitative estimate of drug-likeness (QED) is 0.314. The minimum Gasteiger partial charge on any atom is -0.592 e. The van der Waals surface area contributed by atoms with E-state index in [1.807, 2.05) is 91.0 Å². The maximum atomic E-state index is 6.52. The number of benzene rings is 3. The van der Waals surface area contributed by atoms with Gasteiger partial charge in [-0.05, 0) is 36.4 Å². The molecule has 0 spiro atoms. The molecular weight excluding hydrogens is 439 g/mol. The first-order valence-corrected chi connectivity index (χ1v) is 12.5. The second-order valence-corrected chi connectivity index (χ2v) is 9.18. The molecule has 6 aromatic rings. The van der Waals surface area contributed by atoms with Gasteiger partial charge in [-0.2, -0.15) is 0 Å². The molecule has 0 atom stereocenters. The first kappa shape index (κ1) is 20.4. The van der Waals surface area contributed by atoms with Crippen molar-refractivity contribution in [3.8, 4) is 11.5 Å². The molecule has 34 heavy (non-hydrogen) atoms. The van der Waals surface area contributed by atoms with Gasteiger partial charge >= 0.3 is 15.0 Å². The summed E-state index contributed by atoms with van der Waals surface area (Å²) in [5.74, 6) is 1.34. The molecule has 0 saturated carbocycles. The summed E-state index contributed by atoms with van der Waals surface area (Å²) >= 11 is -2.61. The monoisotopic (exact) mass is 458 g/mol. The first-order valence-electron chi connectivity index (χ1n) is 11.0. The summed E-state index contributed by atoms with van der Waals surface area (Å²) in [6.45, 7) is 0. The molecule has 0 aliphatic heterocycles. The first-order chi connectivity index (χ1) is 16.8. The summed E-state index contributed by atoms with van der Waals surface area (Å²) in [5.41, 5.74) is 3.30. The van der Waals surface area contributed by atoms with Gasteiger partial charge in [0.1, 0.15) is 22.5 Å². The fourth-order valence-electron chi connectivity index (χ4n) is 4.00. The van der Waals surface area contributed by atoms with Crippen LogP contribution in [0.5, 0.6) is 11.5 Å². The molecule has 0 aliphatic rings. The van der Waals surface area contributed by atoms with Crippen LogP contribution in [0.1, 0.15) is 0 Å². The minimum absolute atomic E-state index is 0.670. The Hall–Kier alpha value is -4.18. The van der Waals surface area contributed by atoms with Gasteiger partial charge in [0.2, 0.25) is 0 Å². The average Bonchev–Trinajstić information content (AvgIpc) is 2.89. The highest BCUT2D eigenvalue weighted by Crippen LogP contribution is 2.28. The summed E-state index contributed by atoms with van der Waals surface area (Å²) in [6.07, 6.45) is 5.32. The zero-order chi connectivity index (χ0) is 22.7. The smallest absolute Gasteiger partial charge is 0.592 e. The van der Waals surface area contributed by atoms with E-state index in [4.69, 9.17) is 7.58 Å². The molecule has 0 bridgehead atoms. The fourth-order valence-corrected chi connectivity index (χ4v) is 5.50. The van der Waals surface area contributed by atoms with Crippen LogP contribution in [-0.4, -0.2) is 30.0 Å². The third-order valence-corrected chi connectivity index (χ3v) is 7.05. The van der Waals surface area contributed by atoms with Gasteiger partial charge in [-0.15, -0.1) is 0 Å². The van der Waals surface area contributed by atoms with Crippen molar-refractivity contribution in [2.45, 2.75) is 0 Å². The molecule has 0 saturated heterocycles. The number of hydrogen-bond donors (Lipinski definition) is 1. The fraction of sp³-hybridized carbons (Fsp3) is 0. The van der Waals surface area contributed by atoms with Gasteiger partial charge < -0.3 is 11.9 Å². The number of nitrogens with zero attached hydrogens (tertiary/aromatic N) is 3. The summed E-state index contributed by atoms with van der Waals surface area (Å²) in [5, 5.41) is 3.05. The lowest BCUT2D eigenvalue weighted by Gasteiger charge is -2.19. The standard InChI is InChI=1S/C9H7N2.2C9H7NO.Al/c10-8-5-1-3-7-4-2-6-11-9(7)8;2*11-8-5-1-3-7-4-2-6-10-9(7)8;/h1-6,10H;2*1-6,11H;/q-1;;;+3/p-2. The van der Waals surface area contributed by atoms with Crippen molar-refractivity contribution in [2.75, 3.05) is 4.30 Å². The summed E-state index contributed by atoms with van der Waals surface area (Å²) in [4.78, 5) is 13.6. The van der Waals surface area contributed by atoms with Crippen LogP contribution in [0.2, 0.25) is 0 Å². The Kier molecular flexibility index (Phi) is 5.40. The van der Waals surface area contributed by atoms with Crippen LogP contribution in [-0.2, 0) is 0 Å². The van der Waals surface area contributed by atoms with Crippen molar-refractivity contribution >= 4 is 53.4 Å². The van der Waals surface area contributed by atoms with Gasteiger partial charge in [0.15, 0.2) is 0 Å². The molecule has 3 aromatic carbocycles. The van der Waals surface area contributed by atoms with Gasteiger partial charge in [-0.3, -0.25) is 15.0 Å². The lowest BCUT2D eigenvalue weighted by Crippen LogP contribution is -2.39. The van der Waals surface area contributed by atoms with E-state index >= 15 is 0 Å². The van der Waals surface area contributed by atoms with Crippen LogP contribution >= 0.6 is 0 Å². The Morgan fingerprint density at radius 1 is 0.500 bits per heavy atom. The molecule has 7 heteroatoms. The Balaban J connectivity index is 1.42. The number of rotatable bonds is 6. The average molecular weight is 458 g/mol. The third-order valence-electron chi connectivity index (χ3n) is 5.57. The minimum atomic E-state index is -2.61. The number of nitrogens with one attached hydrogen (secondary N) is 1. The number of pyridine rings is 3. The number of aromatic nitrogens is 3. The zero-order valence-electron chi connectivity index (χ0n) is 18.1. The van der Waals surface area contributed by atoms with E-state index in [1.165, 1.54) is 0 Å². The van der Waals surface area contributed by atoms with Gasteiger partial charge in [0.05, 0.1) is 5.52 Å². The lowest BCUT2D eigenvalue weighted by molar-refractivity contribution is 0.435. The van der Waals surface area contributed by atoms with Crippen molar-refractivity contribution in [3.05, 3.63) is 110 Å². The van der Waals surface area contributed by atoms with Crippen LogP contribution in [0.3, 0.4) is 0 Å². The number of para-hydroxylation sites is 3. The maximum absolute atomic E-state index is 6.52. The molecule has 3 aromatic heterocycles. The molecule has 0 unspecified atom stereocenters. The van der Waals surface area contributed by atoms with E-state index in [1.54, 1.807) is 18.6 Å². The largest absolute Gasteiger partial charge is 1.04 e. The van der Waals surface area contributed by atoms with Crippen LogP contribution in [0.25, 0.3) is 32.7 Å². The van der Waals surface area contributed by atoms with Gasteiger partial charge in [0.25, 0.3) is 0 Å². The topological polar surface area (TPSA) is 69.2 Å². The second-order valence-electron chi connectivity index (χ2n) is 7.76. The lowest BCUT2D eigenvalue weighted by atomic mass is 10.2. The van der Waals surface area contributed by atoms with Gasteiger partial charge in [0, 0.05) is 40.4 Å². The summed E-state index contributed by atoms with van der Waals surface area (Å²) in [6, 6.07) is 29.7. The normalized spacial score (nSPS) is 10.9. The Morgan fingerprint density at radius 2 is 0.941 bits per heavy atom. The van der Waals surface area contributed by atoms with E-state index in [0.717, 1.165) is 38.4 Å². The molecule has 0 radical (unpaired) electrons. The van der Waals surface area contributed by atoms with E-state index in [2.05, 4.69) is 19.3 Å². The molecule has 3 heterocycles. The Bertz CT molecular complexity index is 1420. The van der Waals surface area contributed by atoms with Crippen LogP contribution in [0, 0.1) is 0 Å². The second kappa shape index (κ2) is 8.99. The van der Waals surface area contributed by atoms with Crippen LogP contribution < -0.4 is 11.9 Å². The van der Waals surface area contributed by atoms with Gasteiger partial charge in [-0.25, -0.2) is 0 Å². The highest BCUT2D eigenvalue weighted by Gasteiger charge is 2.38. The van der Waals surface area contributed by atoms with Gasteiger partial charge in [-0.1, -0.05) is 54.6 Å². The highest BCUT2D eigenvalue weighted by atomic mass is 27.2. The summed E-state index contributed by atoms with van der Waals surface area (Å²) < 4.78 is 16.6. The maximum Gasteiger partial charge on any atom is 1.04 e. The number of hydrogen-bond acceptors (Lipinski definition) is 6. The Morgan fingerprint density at radius 3 is 1.50 bits per heavy atom. The van der Waals surface area contributed by atoms with E-state index < -0.39 is 15.0 Å². The molecule has 1 N–H and O–H groups in total. The molecule has 0 amide bonds. The van der Waals surface area contributed by atoms with E-state index in [-0.39, 0.29) is 0 Å². The Labute approximate surface area is 201 Å². The highest BCUT2D eigenvalue weighted by molar-refractivity contribution is 6.51. The van der Waals surface area contributed by atoms with Crippen LogP contribution in [0.4, 0.5) is 5.69 Å². The van der Waals surface area contributed by atoms with Crippen molar-refractivity contribution in [1.82, 2.24) is 15.0 Å². The molecule has 162 valence electrons. The van der Waals surface area contributed by atoms with E-state index in [0.29, 0.717) is 11.5 Å². The predicted octanol–water partition coefficient (Wildman–Crippen LogP) is 5.89. The van der Waals surface area contributed by atoms with Crippen molar-refractivity contribution < 1.29 is 7.58 Å². The summed E-state index contributed by atoms with van der Waals surface area (Å²) in [7, 11) is 0. The van der Waals surface area contributed by atoms with Crippen molar-refractivity contribution in [3.63, 3.8) is 0 Å². The third kappa shape index (κ3) is 3.99. The molecule has 6 nitrogen and oxygen atoms in total. The van der Waals surface area contributed by atoms with Crippen LogP contribution in [0.15, 0.2) is 110 Å². The molecular formula is C27H19AlN4O2. The van der Waals surface area contributed by atoms with E-state index in [9.17, 15) is 0 Å². The van der Waals surface area contributed by atoms with Crippen molar-refractivity contribution in [1.29, 1.82) is 0 Å². The molecule has 0 fully saturated rings. The van der Waals surface area contributed by atoms with Crippen molar-refractivity contribution in [2.24, 2.45) is 0 Å². The molecule has 0 aliphatic carbocycles. The SMILES string of the molecule is c1cnc2c([NH][Al]([O]c3cccc4cccnc34)[O]c3cccc4cccnc34)cccc2c1. The zero-order valence-corrected chi connectivity index (χ0v) is 19.3. The number of anilines is 1. The molecule has 6 rings (SSSR count). The predicted molar refractivity (Wildman–Crippen MR) is 136 cm³/mol. The number of fused-ring (bicyclic) bond motifs is 3.